The van der Waals surface area contributed by atoms with Gasteiger partial charge in [-0.2, -0.15) is 26.3 Å². The Morgan fingerprint density at radius 3 is 1.76 bits per heavy atom. The first kappa shape index (κ1) is 31.7. The van der Waals surface area contributed by atoms with Crippen LogP contribution in [0.3, 0.4) is 0 Å². The van der Waals surface area contributed by atoms with Crippen molar-refractivity contribution in [2.45, 2.75) is 69.0 Å². The number of thioether (sulfide) groups is 1. The zero-order valence-electron chi connectivity index (χ0n) is 24.2. The monoisotopic (exact) mass is 600 g/mol. The van der Waals surface area contributed by atoms with Crippen molar-refractivity contribution >= 4 is 17.3 Å². The summed E-state index contributed by atoms with van der Waals surface area (Å²) in [5.41, 5.74) is -3.92. The van der Waals surface area contributed by atoms with E-state index in [-0.39, 0.29) is 11.7 Å². The molecule has 0 aliphatic heterocycles. The number of rotatable bonds is 6. The Morgan fingerprint density at radius 1 is 0.714 bits per heavy atom. The number of halogens is 6. The second-order valence-electron chi connectivity index (χ2n) is 11.7. The van der Waals surface area contributed by atoms with Crippen molar-refractivity contribution in [3.63, 3.8) is 0 Å². The summed E-state index contributed by atoms with van der Waals surface area (Å²) in [5.74, 6) is 0. The van der Waals surface area contributed by atoms with Crippen LogP contribution in [0.15, 0.2) is 113 Å². The highest BCUT2D eigenvalue weighted by molar-refractivity contribution is 8.00. The van der Waals surface area contributed by atoms with Crippen molar-refractivity contribution in [2.24, 2.45) is 5.41 Å². The molecule has 0 spiro atoms. The van der Waals surface area contributed by atoms with Crippen LogP contribution in [0.4, 0.5) is 26.3 Å². The molecule has 0 N–H and O–H groups in total. The molecule has 0 unspecified atom stereocenters. The topological polar surface area (TPSA) is 0 Å². The van der Waals surface area contributed by atoms with Gasteiger partial charge in [0.1, 0.15) is 0 Å². The van der Waals surface area contributed by atoms with Gasteiger partial charge in [0, 0.05) is 10.1 Å². The molecule has 1 aliphatic rings. The first-order valence-corrected chi connectivity index (χ1v) is 14.6. The van der Waals surface area contributed by atoms with Gasteiger partial charge in [0.05, 0.1) is 0 Å². The summed E-state index contributed by atoms with van der Waals surface area (Å²) in [5, 5.41) is 0.0650. The van der Waals surface area contributed by atoms with Crippen molar-refractivity contribution < 1.29 is 26.3 Å². The number of hydrogen-bond donors (Lipinski definition) is 0. The summed E-state index contributed by atoms with van der Waals surface area (Å²) in [6.45, 7) is 9.59. The third-order valence-corrected chi connectivity index (χ3v) is 8.46. The van der Waals surface area contributed by atoms with Crippen molar-refractivity contribution in [3.8, 4) is 11.1 Å². The van der Waals surface area contributed by atoms with E-state index in [2.05, 4.69) is 0 Å². The Balaban J connectivity index is 2.11. The first-order valence-electron chi connectivity index (χ1n) is 13.7. The molecular formula is C35H34F6S. The summed E-state index contributed by atoms with van der Waals surface area (Å²) in [6.07, 6.45) is -7.62. The van der Waals surface area contributed by atoms with Gasteiger partial charge in [-0.25, -0.2) is 0 Å². The summed E-state index contributed by atoms with van der Waals surface area (Å²) >= 11 is 1.40. The third-order valence-electron chi connectivity index (χ3n) is 7.38. The maximum atomic E-state index is 15.4. The van der Waals surface area contributed by atoms with E-state index in [1.165, 1.54) is 23.9 Å². The largest absolute Gasteiger partial charge is 0.411 e. The van der Waals surface area contributed by atoms with Gasteiger partial charge < -0.3 is 0 Å². The Kier molecular flexibility index (Phi) is 8.94. The predicted octanol–water partition coefficient (Wildman–Crippen LogP) is 11.6. The fourth-order valence-corrected chi connectivity index (χ4v) is 6.43. The van der Waals surface area contributed by atoms with Gasteiger partial charge in [0.25, 0.3) is 0 Å². The number of allylic oxidation sites excluding steroid dienone is 6. The normalized spacial score (nSPS) is 15.2. The molecule has 0 nitrogen and oxygen atoms in total. The maximum Gasteiger partial charge on any atom is 0.411 e. The van der Waals surface area contributed by atoms with Crippen molar-refractivity contribution in [1.29, 1.82) is 0 Å². The average molecular weight is 601 g/mol. The lowest BCUT2D eigenvalue weighted by Crippen LogP contribution is -2.55. The maximum absolute atomic E-state index is 15.4. The minimum atomic E-state index is -5.70. The Labute approximate surface area is 248 Å². The molecule has 222 valence electrons. The van der Waals surface area contributed by atoms with Crippen LogP contribution in [0.25, 0.3) is 16.7 Å². The Bertz CT molecular complexity index is 1470. The summed E-state index contributed by atoms with van der Waals surface area (Å²) in [6, 6.07) is 20.7. The van der Waals surface area contributed by atoms with Crippen LogP contribution in [-0.4, -0.2) is 17.6 Å². The zero-order chi connectivity index (χ0) is 30.9. The van der Waals surface area contributed by atoms with Crippen LogP contribution in [-0.2, 0) is 5.41 Å². The fourth-order valence-electron chi connectivity index (χ4n) is 5.47. The van der Waals surface area contributed by atoms with Crippen LogP contribution in [0.2, 0.25) is 0 Å². The molecule has 0 fully saturated rings. The van der Waals surface area contributed by atoms with Gasteiger partial charge in [-0.15, -0.1) is 11.8 Å². The van der Waals surface area contributed by atoms with Gasteiger partial charge in [-0.1, -0.05) is 119 Å². The molecule has 0 heterocycles. The number of hydrogen-bond acceptors (Lipinski definition) is 1. The van der Waals surface area contributed by atoms with Gasteiger partial charge in [-0.05, 0) is 63.4 Å². The highest BCUT2D eigenvalue weighted by Crippen LogP contribution is 2.58. The lowest BCUT2D eigenvalue weighted by molar-refractivity contribution is -0.288. The molecular weight excluding hydrogens is 566 g/mol. The predicted molar refractivity (Wildman–Crippen MR) is 161 cm³/mol. The molecule has 3 aromatic rings. The molecule has 7 heteroatoms. The molecule has 1 aliphatic carbocycles. The minimum absolute atomic E-state index is 0.0650. The van der Waals surface area contributed by atoms with E-state index < -0.39 is 34.3 Å². The van der Waals surface area contributed by atoms with Gasteiger partial charge >= 0.3 is 12.4 Å². The van der Waals surface area contributed by atoms with Crippen LogP contribution >= 0.6 is 11.8 Å². The summed E-state index contributed by atoms with van der Waals surface area (Å²) in [7, 11) is 0. The second-order valence-corrected chi connectivity index (χ2v) is 13.3. The van der Waals surface area contributed by atoms with E-state index in [9.17, 15) is 0 Å². The number of benzene rings is 3. The van der Waals surface area contributed by atoms with E-state index in [1.807, 2.05) is 34.6 Å². The van der Waals surface area contributed by atoms with Crippen LogP contribution < -0.4 is 0 Å². The molecule has 42 heavy (non-hydrogen) atoms. The van der Waals surface area contributed by atoms with Crippen LogP contribution in [0.5, 0.6) is 0 Å². The lowest BCUT2D eigenvalue weighted by Gasteiger charge is -2.39. The smallest absolute Gasteiger partial charge is 0.169 e. The van der Waals surface area contributed by atoms with Crippen molar-refractivity contribution in [2.75, 3.05) is 0 Å². The Morgan fingerprint density at radius 2 is 1.26 bits per heavy atom. The van der Waals surface area contributed by atoms with E-state index in [4.69, 9.17) is 0 Å². The molecule has 0 aromatic heterocycles. The zero-order valence-corrected chi connectivity index (χ0v) is 25.0. The molecule has 3 aromatic carbocycles. The highest BCUT2D eigenvalue weighted by atomic mass is 32.2. The molecule has 0 atom stereocenters. The quantitative estimate of drug-likeness (QED) is 0.200. The SMILES string of the molecule is CC(C)Sc1ccc(C(C2=CC(c3ccccc3)=C(C(C)(C)C)CC=C2)(C(F)(F)F)C(F)(F)F)cc1-c1ccccc1. The fraction of sp³-hybridized carbons (Fsp3) is 0.314. The van der Waals surface area contributed by atoms with Gasteiger partial charge in [0.15, 0.2) is 0 Å². The van der Waals surface area contributed by atoms with Crippen LogP contribution in [0.1, 0.15) is 52.2 Å². The molecule has 0 amide bonds. The molecule has 4 rings (SSSR count). The molecule has 0 saturated carbocycles. The van der Waals surface area contributed by atoms with Crippen molar-refractivity contribution in [3.05, 3.63) is 119 Å². The van der Waals surface area contributed by atoms with E-state index in [0.717, 1.165) is 29.9 Å². The highest BCUT2D eigenvalue weighted by Gasteiger charge is 2.73. The van der Waals surface area contributed by atoms with Gasteiger partial charge in [0.2, 0.25) is 5.41 Å². The first-order chi connectivity index (χ1) is 19.6. The van der Waals surface area contributed by atoms with Crippen LogP contribution in [0, 0.1) is 5.41 Å². The Hall–Kier alpha value is -3.19. The molecule has 0 saturated heterocycles. The van der Waals surface area contributed by atoms with Crippen molar-refractivity contribution in [1.82, 2.24) is 0 Å². The van der Waals surface area contributed by atoms with E-state index in [0.29, 0.717) is 27.2 Å². The standard InChI is InChI=1S/C35H34F6S/c1-23(2)42-31-20-19-27(22-29(31)25-15-10-7-11-16-25)33(34(36,37)38,35(39,40)41)26-17-12-18-30(32(3,4)5)28(21-26)24-13-8-6-9-14-24/h6-17,19-23H,18H2,1-5H3. The molecule has 0 radical (unpaired) electrons. The average Bonchev–Trinajstić information content (AvgIpc) is 3.12. The van der Waals surface area contributed by atoms with E-state index >= 15 is 26.3 Å². The van der Waals surface area contributed by atoms with Gasteiger partial charge in [-0.3, -0.25) is 0 Å². The number of alkyl halides is 6. The second kappa shape index (κ2) is 11.8. The molecule has 0 bridgehead atoms. The lowest BCUT2D eigenvalue weighted by atomic mass is 9.70. The summed E-state index contributed by atoms with van der Waals surface area (Å²) < 4.78 is 92.2. The van der Waals surface area contributed by atoms with E-state index in [1.54, 1.807) is 60.7 Å². The minimum Gasteiger partial charge on any atom is -0.169 e. The summed E-state index contributed by atoms with van der Waals surface area (Å²) in [4.78, 5) is 0.614. The third kappa shape index (κ3) is 6.12.